The third kappa shape index (κ3) is 3.18. The zero-order valence-corrected chi connectivity index (χ0v) is 18.4. The number of hydrogen-bond donors (Lipinski definition) is 1. The Balaban J connectivity index is 1.42. The summed E-state index contributed by atoms with van der Waals surface area (Å²) in [5.74, 6) is -2.12. The molecule has 3 aliphatic heterocycles. The normalized spacial score (nSPS) is 28.5. The van der Waals surface area contributed by atoms with Gasteiger partial charge in [-0.1, -0.05) is 24.3 Å². The summed E-state index contributed by atoms with van der Waals surface area (Å²) in [7, 11) is 2.65. The Bertz CT molecular complexity index is 1130. The minimum absolute atomic E-state index is 0.212. The van der Waals surface area contributed by atoms with Crippen LogP contribution in [0.5, 0.6) is 0 Å². The predicted octanol–water partition coefficient (Wildman–Crippen LogP) is 0.695. The highest BCUT2D eigenvalue weighted by molar-refractivity contribution is 6.22. The lowest BCUT2D eigenvalue weighted by Crippen LogP contribution is -2.67. The Morgan fingerprint density at radius 2 is 1.26 bits per heavy atom. The van der Waals surface area contributed by atoms with Gasteiger partial charge in [-0.25, -0.2) is 0 Å². The van der Waals surface area contributed by atoms with Gasteiger partial charge in [0.2, 0.25) is 0 Å². The van der Waals surface area contributed by atoms with Crippen molar-refractivity contribution in [2.24, 2.45) is 0 Å². The average Bonchev–Trinajstić information content (AvgIpc) is 3.24. The minimum atomic E-state index is -1.41. The molecule has 10 nitrogen and oxygen atoms in total. The second-order valence-electron chi connectivity index (χ2n) is 8.25. The van der Waals surface area contributed by atoms with Crippen LogP contribution in [-0.2, 0) is 14.2 Å². The van der Waals surface area contributed by atoms with Crippen molar-refractivity contribution in [3.8, 4) is 0 Å². The second kappa shape index (κ2) is 8.41. The van der Waals surface area contributed by atoms with E-state index in [1.54, 1.807) is 36.4 Å². The molecule has 0 radical (unpaired) electrons. The van der Waals surface area contributed by atoms with Crippen LogP contribution >= 0.6 is 0 Å². The molecule has 0 spiro atoms. The van der Waals surface area contributed by atoms with Crippen LogP contribution in [0.2, 0.25) is 0 Å². The van der Waals surface area contributed by atoms with E-state index in [4.69, 9.17) is 14.2 Å². The Labute approximate surface area is 194 Å². The van der Waals surface area contributed by atoms with E-state index in [1.165, 1.54) is 26.4 Å². The number of rotatable bonds is 5. The minimum Gasteiger partial charge on any atom is -0.388 e. The number of carbonyl (C=O) groups is 4. The first-order chi connectivity index (χ1) is 16.4. The highest BCUT2D eigenvalue weighted by atomic mass is 16.7. The molecule has 0 aromatic heterocycles. The molecule has 10 heteroatoms. The van der Waals surface area contributed by atoms with Gasteiger partial charge in [0.1, 0.15) is 24.4 Å². The molecule has 3 aliphatic rings. The first-order valence-electron chi connectivity index (χ1n) is 10.7. The van der Waals surface area contributed by atoms with Gasteiger partial charge >= 0.3 is 0 Å². The van der Waals surface area contributed by atoms with Crippen molar-refractivity contribution in [1.82, 2.24) is 9.80 Å². The fraction of sp³-hybridized carbons (Fsp3) is 0.333. The molecular formula is C24H22N2O8. The van der Waals surface area contributed by atoms with Gasteiger partial charge in [0, 0.05) is 14.2 Å². The first kappa shape index (κ1) is 22.4. The van der Waals surface area contributed by atoms with Crippen molar-refractivity contribution in [2.45, 2.75) is 30.6 Å². The molecular weight excluding hydrogens is 444 g/mol. The number of fused-ring (bicyclic) bond motifs is 2. The standard InChI is InChI=1S/C24H22N2O8/c1-32-19-16(11-25-20(28)12-7-3-4-8-13(12)21(25)29)34-24(33-2)17(18(19)27)26-22(30)14-9-5-6-10-15(14)23(26)31/h3-10,16-19,24,27H,11H2,1-2H3/t16?,17-,18+,19+,24?/m0/s1. The molecule has 0 saturated carbocycles. The number of carbonyl (C=O) groups excluding carboxylic acids is 4. The molecule has 5 rings (SSSR count). The Kier molecular flexibility index (Phi) is 5.53. The number of amides is 4. The Morgan fingerprint density at radius 1 is 0.794 bits per heavy atom. The van der Waals surface area contributed by atoms with Gasteiger partial charge in [-0.15, -0.1) is 0 Å². The summed E-state index contributed by atoms with van der Waals surface area (Å²) in [5.41, 5.74) is 1.00. The summed E-state index contributed by atoms with van der Waals surface area (Å²) in [6.07, 6.45) is -4.67. The molecule has 1 N–H and O–H groups in total. The maximum atomic E-state index is 13.0. The summed E-state index contributed by atoms with van der Waals surface area (Å²) in [6.45, 7) is -0.212. The zero-order valence-electron chi connectivity index (χ0n) is 18.4. The van der Waals surface area contributed by atoms with E-state index in [2.05, 4.69) is 0 Å². The van der Waals surface area contributed by atoms with E-state index >= 15 is 0 Å². The van der Waals surface area contributed by atoms with Crippen LogP contribution in [0.15, 0.2) is 48.5 Å². The van der Waals surface area contributed by atoms with Gasteiger partial charge in [-0.2, -0.15) is 0 Å². The van der Waals surface area contributed by atoms with Crippen LogP contribution in [0.25, 0.3) is 0 Å². The smallest absolute Gasteiger partial charge is 0.262 e. The lowest BCUT2D eigenvalue weighted by molar-refractivity contribution is -0.271. The van der Waals surface area contributed by atoms with Crippen molar-refractivity contribution in [3.63, 3.8) is 0 Å². The van der Waals surface area contributed by atoms with E-state index in [0.29, 0.717) is 0 Å². The topological polar surface area (TPSA) is 123 Å². The number of imide groups is 2. The highest BCUT2D eigenvalue weighted by Gasteiger charge is 2.54. The van der Waals surface area contributed by atoms with E-state index in [0.717, 1.165) is 9.80 Å². The maximum Gasteiger partial charge on any atom is 0.262 e. The van der Waals surface area contributed by atoms with Crippen LogP contribution < -0.4 is 0 Å². The molecule has 2 unspecified atom stereocenters. The quantitative estimate of drug-likeness (QED) is 0.639. The second-order valence-corrected chi connectivity index (χ2v) is 8.25. The number of aliphatic hydroxyl groups is 1. The number of nitrogens with zero attached hydrogens (tertiary/aromatic N) is 2. The highest BCUT2D eigenvalue weighted by Crippen LogP contribution is 2.34. The van der Waals surface area contributed by atoms with Gasteiger partial charge in [-0.05, 0) is 24.3 Å². The molecule has 34 heavy (non-hydrogen) atoms. The Morgan fingerprint density at radius 3 is 1.71 bits per heavy atom. The molecule has 1 saturated heterocycles. The molecule has 0 bridgehead atoms. The molecule has 4 amide bonds. The van der Waals surface area contributed by atoms with Gasteiger partial charge in [0.25, 0.3) is 23.6 Å². The number of aliphatic hydroxyl groups excluding tert-OH is 1. The van der Waals surface area contributed by atoms with Crippen molar-refractivity contribution < 1.29 is 38.5 Å². The molecule has 176 valence electrons. The van der Waals surface area contributed by atoms with Gasteiger partial charge in [0.15, 0.2) is 6.29 Å². The third-order valence-corrected chi connectivity index (χ3v) is 6.51. The molecule has 1 fully saturated rings. The van der Waals surface area contributed by atoms with Crippen LogP contribution in [0.1, 0.15) is 41.4 Å². The fourth-order valence-corrected chi connectivity index (χ4v) is 4.88. The van der Waals surface area contributed by atoms with Crippen LogP contribution in [0.3, 0.4) is 0 Å². The average molecular weight is 466 g/mol. The number of benzene rings is 2. The van der Waals surface area contributed by atoms with Crippen LogP contribution in [0, 0.1) is 0 Å². The summed E-state index contributed by atoms with van der Waals surface area (Å²) < 4.78 is 16.9. The van der Waals surface area contributed by atoms with Crippen molar-refractivity contribution >= 4 is 23.6 Å². The van der Waals surface area contributed by atoms with Crippen LogP contribution in [-0.4, -0.2) is 89.9 Å². The van der Waals surface area contributed by atoms with Gasteiger partial charge < -0.3 is 19.3 Å². The summed E-state index contributed by atoms with van der Waals surface area (Å²) in [6, 6.07) is 11.6. The number of hydrogen-bond acceptors (Lipinski definition) is 8. The first-order valence-corrected chi connectivity index (χ1v) is 10.7. The zero-order chi connectivity index (χ0) is 24.1. The molecule has 2 aromatic rings. The van der Waals surface area contributed by atoms with Crippen molar-refractivity contribution in [2.75, 3.05) is 20.8 Å². The third-order valence-electron chi connectivity index (χ3n) is 6.51. The SMILES string of the molecule is COC1OC(CN2C(=O)c3ccccc3C2=O)[C@@H](OC)[C@H](O)[C@@H]1N1C(=O)c2ccccc2C1=O. The monoisotopic (exact) mass is 466 g/mol. The van der Waals surface area contributed by atoms with E-state index in [9.17, 15) is 24.3 Å². The number of methoxy groups -OCH3 is 2. The predicted molar refractivity (Wildman–Crippen MR) is 115 cm³/mol. The Hall–Kier alpha value is -3.44. The molecule has 5 atom stereocenters. The molecule has 3 heterocycles. The molecule has 0 aliphatic carbocycles. The maximum absolute atomic E-state index is 13.0. The van der Waals surface area contributed by atoms with Crippen molar-refractivity contribution in [3.05, 3.63) is 70.8 Å². The molecule has 2 aromatic carbocycles. The van der Waals surface area contributed by atoms with Gasteiger partial charge in [0.05, 0.1) is 28.8 Å². The lowest BCUT2D eigenvalue weighted by atomic mass is 9.94. The van der Waals surface area contributed by atoms with E-state index in [1.807, 2.05) is 0 Å². The van der Waals surface area contributed by atoms with Crippen molar-refractivity contribution in [1.29, 1.82) is 0 Å². The van der Waals surface area contributed by atoms with E-state index < -0.39 is 54.3 Å². The van der Waals surface area contributed by atoms with Crippen LogP contribution in [0.4, 0.5) is 0 Å². The largest absolute Gasteiger partial charge is 0.388 e. The lowest BCUT2D eigenvalue weighted by Gasteiger charge is -2.46. The summed E-state index contributed by atoms with van der Waals surface area (Å²) in [5, 5.41) is 11.2. The summed E-state index contributed by atoms with van der Waals surface area (Å²) >= 11 is 0. The fourth-order valence-electron chi connectivity index (χ4n) is 4.88. The summed E-state index contributed by atoms with van der Waals surface area (Å²) in [4.78, 5) is 53.6. The van der Waals surface area contributed by atoms with E-state index in [-0.39, 0.29) is 28.8 Å². The van der Waals surface area contributed by atoms with Gasteiger partial charge in [-0.3, -0.25) is 29.0 Å². The number of ether oxygens (including phenoxy) is 3.